The number of fused-ring (bicyclic) bond motifs is 1. The van der Waals surface area contributed by atoms with Crippen LogP contribution < -0.4 is 5.32 Å². The number of halogens is 3. The first-order valence-electron chi connectivity index (χ1n) is 9.15. The van der Waals surface area contributed by atoms with Crippen molar-refractivity contribution in [1.29, 1.82) is 5.26 Å². The highest BCUT2D eigenvalue weighted by Crippen LogP contribution is 2.40. The smallest absolute Gasteiger partial charge is 0.408 e. The second-order valence-electron chi connectivity index (χ2n) is 7.24. The summed E-state index contributed by atoms with van der Waals surface area (Å²) in [5.74, 6) is -1.79. The number of aryl methyl sites for hydroxylation is 1. The van der Waals surface area contributed by atoms with Gasteiger partial charge in [-0.3, -0.25) is 9.20 Å². The molecule has 1 saturated carbocycles. The molecular formula is C20H16F3N5O2. The Hall–Kier alpha value is -3.61. The number of nitrogens with zero attached hydrogens (tertiary/aromatic N) is 4. The molecule has 10 heteroatoms. The average molecular weight is 415 g/mol. The highest BCUT2D eigenvalue weighted by molar-refractivity contribution is 5.98. The molecule has 1 fully saturated rings. The molecule has 0 saturated heterocycles. The van der Waals surface area contributed by atoms with E-state index < -0.39 is 24.0 Å². The lowest BCUT2D eigenvalue weighted by atomic mass is 10.1. The minimum Gasteiger partial charge on any atom is -0.507 e. The number of nitriles is 1. The minimum atomic E-state index is -4.54. The van der Waals surface area contributed by atoms with E-state index in [1.165, 1.54) is 22.9 Å². The molecule has 2 heterocycles. The molecule has 4 rings (SSSR count). The molecule has 1 amide bonds. The number of hydrogen-bond donors (Lipinski definition) is 2. The third kappa shape index (κ3) is 3.54. The summed E-state index contributed by atoms with van der Waals surface area (Å²) in [5.41, 5.74) is 1.48. The van der Waals surface area contributed by atoms with Gasteiger partial charge < -0.3 is 10.4 Å². The van der Waals surface area contributed by atoms with Gasteiger partial charge in [0.25, 0.3) is 5.91 Å². The molecule has 1 aliphatic rings. The van der Waals surface area contributed by atoms with Crippen molar-refractivity contribution in [3.8, 4) is 23.1 Å². The van der Waals surface area contributed by atoms with Crippen LogP contribution in [0.25, 0.3) is 16.9 Å². The maximum atomic E-state index is 13.3. The molecular weight excluding hydrogens is 399 g/mol. The van der Waals surface area contributed by atoms with Gasteiger partial charge in [-0.2, -0.15) is 18.4 Å². The molecule has 7 nitrogen and oxygen atoms in total. The Morgan fingerprint density at radius 1 is 1.37 bits per heavy atom. The van der Waals surface area contributed by atoms with E-state index in [9.17, 15) is 23.1 Å². The number of benzene rings is 1. The predicted molar refractivity (Wildman–Crippen MR) is 99.6 cm³/mol. The molecule has 2 N–H and O–H groups in total. The van der Waals surface area contributed by atoms with E-state index in [0.717, 1.165) is 0 Å². The van der Waals surface area contributed by atoms with Crippen LogP contribution >= 0.6 is 0 Å². The minimum absolute atomic E-state index is 0.0965. The lowest BCUT2D eigenvalue weighted by molar-refractivity contribution is -0.158. The standard InChI is InChI=1S/C20H16F3N5O2/c1-10-6-14(12-4-5-13(8-24)15(29)7-12)26-18-16(25-9-28(10)18)19(30)27-17(11-2-3-11)20(21,22)23/h4-7,9,11,17,29H,2-3H2,1H3,(H,27,30). The molecule has 154 valence electrons. The Balaban J connectivity index is 1.73. The van der Waals surface area contributed by atoms with Crippen LogP contribution in [-0.4, -0.2) is 37.6 Å². The second kappa shape index (κ2) is 7.02. The quantitative estimate of drug-likeness (QED) is 0.680. The highest BCUT2D eigenvalue weighted by atomic mass is 19.4. The van der Waals surface area contributed by atoms with Gasteiger partial charge in [-0.1, -0.05) is 6.07 Å². The van der Waals surface area contributed by atoms with Crippen molar-refractivity contribution in [2.75, 3.05) is 0 Å². The number of imidazole rings is 1. The molecule has 1 unspecified atom stereocenters. The number of phenols is 1. The van der Waals surface area contributed by atoms with Crippen molar-refractivity contribution in [1.82, 2.24) is 19.7 Å². The Kier molecular flexibility index (Phi) is 4.61. The molecule has 30 heavy (non-hydrogen) atoms. The maximum Gasteiger partial charge on any atom is 0.408 e. The second-order valence-corrected chi connectivity index (χ2v) is 7.24. The number of hydrogen-bond acceptors (Lipinski definition) is 5. The van der Waals surface area contributed by atoms with Crippen LogP contribution in [0.3, 0.4) is 0 Å². The Morgan fingerprint density at radius 2 is 2.10 bits per heavy atom. The number of aromatic hydroxyl groups is 1. The summed E-state index contributed by atoms with van der Waals surface area (Å²) in [7, 11) is 0. The summed E-state index contributed by atoms with van der Waals surface area (Å²) in [5, 5.41) is 20.9. The number of phenolic OH excluding ortho intramolecular Hbond substituents is 1. The number of amides is 1. The monoisotopic (exact) mass is 415 g/mol. The molecule has 0 radical (unpaired) electrons. The number of rotatable bonds is 4. The Bertz CT molecular complexity index is 1190. The summed E-state index contributed by atoms with van der Waals surface area (Å²) in [6.07, 6.45) is -2.39. The van der Waals surface area contributed by atoms with E-state index in [4.69, 9.17) is 5.26 Å². The molecule has 0 bridgehead atoms. The van der Waals surface area contributed by atoms with Gasteiger partial charge >= 0.3 is 6.18 Å². The first-order valence-corrected chi connectivity index (χ1v) is 9.15. The van der Waals surface area contributed by atoms with E-state index in [2.05, 4.69) is 15.3 Å². The highest BCUT2D eigenvalue weighted by Gasteiger charge is 2.50. The average Bonchev–Trinajstić information content (AvgIpc) is 3.42. The van der Waals surface area contributed by atoms with Crippen molar-refractivity contribution >= 4 is 11.6 Å². The maximum absolute atomic E-state index is 13.3. The number of carbonyl (C=O) groups is 1. The number of aromatic nitrogens is 3. The third-order valence-electron chi connectivity index (χ3n) is 5.06. The van der Waals surface area contributed by atoms with Crippen LogP contribution in [0.2, 0.25) is 0 Å². The van der Waals surface area contributed by atoms with E-state index in [0.29, 0.717) is 29.8 Å². The van der Waals surface area contributed by atoms with Gasteiger partial charge in [0.05, 0.1) is 11.3 Å². The third-order valence-corrected chi connectivity index (χ3v) is 5.06. The summed E-state index contributed by atoms with van der Waals surface area (Å²) in [4.78, 5) is 21.0. The van der Waals surface area contributed by atoms with E-state index in [-0.39, 0.29) is 22.7 Å². The van der Waals surface area contributed by atoms with Gasteiger partial charge in [-0.15, -0.1) is 0 Å². The van der Waals surface area contributed by atoms with Gasteiger partial charge in [0.15, 0.2) is 11.3 Å². The Morgan fingerprint density at radius 3 is 2.70 bits per heavy atom. The number of nitrogens with one attached hydrogen (secondary N) is 1. The van der Waals surface area contributed by atoms with Crippen LogP contribution in [0.1, 0.15) is 34.6 Å². The summed E-state index contributed by atoms with van der Waals surface area (Å²) < 4.78 is 41.3. The van der Waals surface area contributed by atoms with Crippen molar-refractivity contribution in [3.63, 3.8) is 0 Å². The van der Waals surface area contributed by atoms with Crippen LogP contribution in [0.4, 0.5) is 13.2 Å². The molecule has 1 aromatic carbocycles. The van der Waals surface area contributed by atoms with E-state index in [1.54, 1.807) is 19.1 Å². The fraction of sp³-hybridized carbons (Fsp3) is 0.300. The van der Waals surface area contributed by atoms with Crippen LogP contribution in [-0.2, 0) is 0 Å². The SMILES string of the molecule is Cc1cc(-c2ccc(C#N)c(O)c2)nc2c(C(=O)NC(C3CC3)C(F)(F)F)ncn12. The van der Waals surface area contributed by atoms with Crippen LogP contribution in [0, 0.1) is 24.2 Å². The zero-order chi connectivity index (χ0) is 21.6. The lowest BCUT2D eigenvalue weighted by Crippen LogP contribution is -2.47. The predicted octanol–water partition coefficient (Wildman–Crippen LogP) is 3.35. The Labute approximate surface area is 168 Å². The van der Waals surface area contributed by atoms with Crippen molar-refractivity contribution in [2.45, 2.75) is 32.0 Å². The molecule has 3 aromatic rings. The van der Waals surface area contributed by atoms with Crippen LogP contribution in [0.15, 0.2) is 30.6 Å². The molecule has 1 atom stereocenters. The summed E-state index contributed by atoms with van der Waals surface area (Å²) >= 11 is 0. The van der Waals surface area contributed by atoms with Gasteiger partial charge in [0.2, 0.25) is 0 Å². The molecule has 0 aliphatic heterocycles. The van der Waals surface area contributed by atoms with Gasteiger partial charge in [0.1, 0.15) is 24.2 Å². The number of carbonyl (C=O) groups excluding carboxylic acids is 1. The number of alkyl halides is 3. The van der Waals surface area contributed by atoms with Crippen molar-refractivity contribution in [2.24, 2.45) is 5.92 Å². The largest absolute Gasteiger partial charge is 0.507 e. The van der Waals surface area contributed by atoms with Crippen LogP contribution in [0.5, 0.6) is 5.75 Å². The first kappa shape index (κ1) is 19.7. The van der Waals surface area contributed by atoms with E-state index >= 15 is 0 Å². The lowest BCUT2D eigenvalue weighted by Gasteiger charge is -2.20. The summed E-state index contributed by atoms with van der Waals surface area (Å²) in [6, 6.07) is 5.99. The molecule has 0 spiro atoms. The fourth-order valence-electron chi connectivity index (χ4n) is 3.32. The van der Waals surface area contributed by atoms with Gasteiger partial charge in [-0.05, 0) is 43.9 Å². The van der Waals surface area contributed by atoms with E-state index in [1.807, 2.05) is 6.07 Å². The zero-order valence-electron chi connectivity index (χ0n) is 15.7. The summed E-state index contributed by atoms with van der Waals surface area (Å²) in [6.45, 7) is 1.73. The fourth-order valence-corrected chi connectivity index (χ4v) is 3.32. The molecule has 2 aromatic heterocycles. The van der Waals surface area contributed by atoms with Crippen molar-refractivity contribution < 1.29 is 23.1 Å². The van der Waals surface area contributed by atoms with Gasteiger partial charge in [0, 0.05) is 11.3 Å². The molecule has 1 aliphatic carbocycles. The van der Waals surface area contributed by atoms with Crippen molar-refractivity contribution in [3.05, 3.63) is 47.5 Å². The first-order chi connectivity index (χ1) is 14.2. The normalized spacial score (nSPS) is 15.0. The topological polar surface area (TPSA) is 103 Å². The van der Waals surface area contributed by atoms with Gasteiger partial charge in [-0.25, -0.2) is 9.97 Å². The zero-order valence-corrected chi connectivity index (χ0v) is 15.7.